The third kappa shape index (κ3) is 3.29. The summed E-state index contributed by atoms with van der Waals surface area (Å²) < 4.78 is 1.79. The monoisotopic (exact) mass is 268 g/mol. The van der Waals surface area contributed by atoms with Gasteiger partial charge in [-0.25, -0.2) is 0 Å². The number of hydrogen-bond acceptors (Lipinski definition) is 3. The molecule has 1 heterocycles. The van der Waals surface area contributed by atoms with Crippen LogP contribution in [0.2, 0.25) is 0 Å². The van der Waals surface area contributed by atoms with E-state index in [-0.39, 0.29) is 10.9 Å². The highest BCUT2D eigenvalue weighted by Crippen LogP contribution is 2.21. The highest BCUT2D eigenvalue weighted by Gasteiger charge is 2.34. The van der Waals surface area contributed by atoms with Crippen LogP contribution >= 0.6 is 12.2 Å². The third-order valence-corrected chi connectivity index (χ3v) is 3.59. The first-order valence-corrected chi connectivity index (χ1v) is 6.38. The molecule has 100 valence electrons. The number of carbonyl (C=O) groups excluding carboxylic acids is 1. The van der Waals surface area contributed by atoms with Gasteiger partial charge < -0.3 is 11.1 Å². The Kier molecular flexibility index (Phi) is 4.84. The Balaban J connectivity index is 2.48. The second kappa shape index (κ2) is 5.95. The molecule has 0 aromatic carbocycles. The lowest BCUT2D eigenvalue weighted by Gasteiger charge is -2.25. The maximum absolute atomic E-state index is 12.0. The van der Waals surface area contributed by atoms with Gasteiger partial charge in [-0.1, -0.05) is 19.1 Å². The SMILES string of the molecule is CCC(C)(C(=O)NCCn1cc(C)cn1)C(N)=S. The number of nitrogens with zero attached hydrogens (tertiary/aromatic N) is 2. The van der Waals surface area contributed by atoms with Gasteiger partial charge in [-0.2, -0.15) is 5.10 Å². The van der Waals surface area contributed by atoms with Crippen molar-refractivity contribution >= 4 is 23.1 Å². The first kappa shape index (κ1) is 14.6. The van der Waals surface area contributed by atoms with Crippen LogP contribution in [0.4, 0.5) is 0 Å². The summed E-state index contributed by atoms with van der Waals surface area (Å²) in [4.78, 5) is 12.3. The minimum atomic E-state index is -0.768. The number of amides is 1. The molecule has 1 amide bonds. The van der Waals surface area contributed by atoms with E-state index in [9.17, 15) is 4.79 Å². The van der Waals surface area contributed by atoms with E-state index in [1.165, 1.54) is 0 Å². The van der Waals surface area contributed by atoms with Crippen LogP contribution in [0.25, 0.3) is 0 Å². The third-order valence-electron chi connectivity index (χ3n) is 3.14. The number of rotatable bonds is 6. The van der Waals surface area contributed by atoms with Crippen molar-refractivity contribution in [1.29, 1.82) is 0 Å². The zero-order chi connectivity index (χ0) is 13.8. The zero-order valence-electron chi connectivity index (χ0n) is 11.1. The highest BCUT2D eigenvalue weighted by molar-refractivity contribution is 7.80. The fourth-order valence-electron chi connectivity index (χ4n) is 1.51. The van der Waals surface area contributed by atoms with E-state index in [4.69, 9.17) is 18.0 Å². The first-order chi connectivity index (χ1) is 8.40. The second-order valence-corrected chi connectivity index (χ2v) is 5.03. The van der Waals surface area contributed by atoms with Crippen molar-refractivity contribution in [3.05, 3.63) is 18.0 Å². The highest BCUT2D eigenvalue weighted by atomic mass is 32.1. The number of hydrogen-bond donors (Lipinski definition) is 2. The molecule has 0 bridgehead atoms. The van der Waals surface area contributed by atoms with E-state index in [1.54, 1.807) is 17.8 Å². The number of nitrogens with one attached hydrogen (secondary N) is 1. The van der Waals surface area contributed by atoms with E-state index in [2.05, 4.69) is 10.4 Å². The smallest absolute Gasteiger partial charge is 0.232 e. The summed E-state index contributed by atoms with van der Waals surface area (Å²) in [5.41, 5.74) is 5.95. The van der Waals surface area contributed by atoms with Crippen LogP contribution in [-0.2, 0) is 11.3 Å². The van der Waals surface area contributed by atoms with Gasteiger partial charge in [-0.05, 0) is 25.8 Å². The molecular formula is C12H20N4OS. The van der Waals surface area contributed by atoms with Gasteiger partial charge >= 0.3 is 0 Å². The topological polar surface area (TPSA) is 72.9 Å². The summed E-state index contributed by atoms with van der Waals surface area (Å²) >= 11 is 4.95. The summed E-state index contributed by atoms with van der Waals surface area (Å²) in [5.74, 6) is -0.124. The molecule has 1 aromatic heterocycles. The predicted molar refractivity (Wildman–Crippen MR) is 75.2 cm³/mol. The minimum absolute atomic E-state index is 0.124. The number of nitrogens with two attached hydrogens (primary N) is 1. The van der Waals surface area contributed by atoms with E-state index < -0.39 is 5.41 Å². The van der Waals surface area contributed by atoms with Gasteiger partial charge in [-0.3, -0.25) is 9.48 Å². The van der Waals surface area contributed by atoms with Crippen molar-refractivity contribution in [3.8, 4) is 0 Å². The summed E-state index contributed by atoms with van der Waals surface area (Å²) in [5, 5.41) is 6.99. The molecule has 6 heteroatoms. The molecule has 0 aliphatic carbocycles. The standard InChI is InChI=1S/C12H20N4OS/c1-4-12(3,10(13)18)11(17)14-5-6-16-8-9(2)7-15-16/h7-8H,4-6H2,1-3H3,(H2,13,18)(H,14,17). The van der Waals surface area contributed by atoms with E-state index in [0.717, 1.165) is 5.56 Å². The molecule has 1 aromatic rings. The van der Waals surface area contributed by atoms with Gasteiger partial charge in [0.1, 0.15) is 0 Å². The molecule has 18 heavy (non-hydrogen) atoms. The van der Waals surface area contributed by atoms with Gasteiger partial charge in [0.2, 0.25) is 5.91 Å². The molecular weight excluding hydrogens is 248 g/mol. The Bertz CT molecular complexity index is 443. The molecule has 0 radical (unpaired) electrons. The van der Waals surface area contributed by atoms with Gasteiger partial charge in [0.25, 0.3) is 0 Å². The Morgan fingerprint density at radius 2 is 2.33 bits per heavy atom. The van der Waals surface area contributed by atoms with Crippen LogP contribution in [0.5, 0.6) is 0 Å². The fraction of sp³-hybridized carbons (Fsp3) is 0.583. The average Bonchev–Trinajstić information content (AvgIpc) is 2.73. The second-order valence-electron chi connectivity index (χ2n) is 4.59. The van der Waals surface area contributed by atoms with Gasteiger partial charge in [0.05, 0.1) is 23.1 Å². The van der Waals surface area contributed by atoms with Crippen LogP contribution in [0.15, 0.2) is 12.4 Å². The van der Waals surface area contributed by atoms with Crippen LogP contribution in [0.3, 0.4) is 0 Å². The van der Waals surface area contributed by atoms with Gasteiger partial charge in [0, 0.05) is 12.7 Å². The van der Waals surface area contributed by atoms with Crippen molar-refractivity contribution < 1.29 is 4.79 Å². The molecule has 0 aliphatic heterocycles. The Labute approximate surface area is 113 Å². The summed E-state index contributed by atoms with van der Waals surface area (Å²) in [7, 11) is 0. The lowest BCUT2D eigenvalue weighted by atomic mass is 9.86. The Hall–Kier alpha value is -1.43. The summed E-state index contributed by atoms with van der Waals surface area (Å²) in [6, 6.07) is 0. The zero-order valence-corrected chi connectivity index (χ0v) is 11.9. The number of carbonyl (C=O) groups is 1. The molecule has 5 nitrogen and oxygen atoms in total. The van der Waals surface area contributed by atoms with Gasteiger partial charge in [0.15, 0.2) is 0 Å². The van der Waals surface area contributed by atoms with E-state index >= 15 is 0 Å². The number of aryl methyl sites for hydroxylation is 1. The van der Waals surface area contributed by atoms with Crippen molar-refractivity contribution in [2.75, 3.05) is 6.54 Å². The van der Waals surface area contributed by atoms with Gasteiger partial charge in [-0.15, -0.1) is 0 Å². The molecule has 0 aliphatic rings. The van der Waals surface area contributed by atoms with E-state index in [1.807, 2.05) is 20.0 Å². The molecule has 0 fully saturated rings. The van der Waals surface area contributed by atoms with Crippen LogP contribution in [0, 0.1) is 12.3 Å². The van der Waals surface area contributed by atoms with Crippen molar-refractivity contribution in [2.24, 2.45) is 11.1 Å². The summed E-state index contributed by atoms with van der Waals surface area (Å²) in [6.07, 6.45) is 4.31. The number of thiocarbonyl (C=S) groups is 1. The fourth-order valence-corrected chi connectivity index (χ4v) is 1.75. The van der Waals surface area contributed by atoms with Crippen molar-refractivity contribution in [2.45, 2.75) is 33.7 Å². The van der Waals surface area contributed by atoms with E-state index in [0.29, 0.717) is 19.5 Å². The first-order valence-electron chi connectivity index (χ1n) is 5.97. The Morgan fingerprint density at radius 3 is 2.78 bits per heavy atom. The molecule has 1 unspecified atom stereocenters. The predicted octanol–water partition coefficient (Wildman–Crippen LogP) is 1.01. The van der Waals surface area contributed by atoms with Crippen LogP contribution in [-0.4, -0.2) is 27.2 Å². The molecule has 0 saturated carbocycles. The number of aromatic nitrogens is 2. The molecule has 1 rings (SSSR count). The van der Waals surface area contributed by atoms with Crippen LogP contribution in [0.1, 0.15) is 25.8 Å². The quantitative estimate of drug-likeness (QED) is 0.755. The molecule has 3 N–H and O–H groups in total. The largest absolute Gasteiger partial charge is 0.392 e. The molecule has 0 spiro atoms. The minimum Gasteiger partial charge on any atom is -0.392 e. The Morgan fingerprint density at radius 1 is 1.67 bits per heavy atom. The van der Waals surface area contributed by atoms with Crippen molar-refractivity contribution in [1.82, 2.24) is 15.1 Å². The summed E-state index contributed by atoms with van der Waals surface area (Å²) in [6.45, 7) is 6.79. The maximum atomic E-state index is 12.0. The normalized spacial score (nSPS) is 13.9. The molecule has 1 atom stereocenters. The maximum Gasteiger partial charge on any atom is 0.232 e. The lowest BCUT2D eigenvalue weighted by molar-refractivity contribution is -0.127. The van der Waals surface area contributed by atoms with Crippen LogP contribution < -0.4 is 11.1 Å². The lowest BCUT2D eigenvalue weighted by Crippen LogP contribution is -2.47. The average molecular weight is 268 g/mol. The molecule has 0 saturated heterocycles. The van der Waals surface area contributed by atoms with Crippen molar-refractivity contribution in [3.63, 3.8) is 0 Å².